The quantitative estimate of drug-likeness (QED) is 0.866. The first-order valence-electron chi connectivity index (χ1n) is 7.47. The molecule has 1 aliphatic heterocycles. The molecular formula is C16H22BrNO2. The van der Waals surface area contributed by atoms with Crippen LogP contribution in [0.2, 0.25) is 0 Å². The van der Waals surface area contributed by atoms with Gasteiger partial charge in [-0.25, -0.2) is 0 Å². The van der Waals surface area contributed by atoms with E-state index in [-0.39, 0.29) is 11.5 Å². The van der Waals surface area contributed by atoms with Gasteiger partial charge in [0.05, 0.1) is 0 Å². The van der Waals surface area contributed by atoms with E-state index in [9.17, 15) is 5.11 Å². The molecular weight excluding hydrogens is 318 g/mol. The summed E-state index contributed by atoms with van der Waals surface area (Å²) in [7, 11) is 0. The van der Waals surface area contributed by atoms with Crippen LogP contribution in [0.4, 0.5) is 0 Å². The molecule has 0 saturated heterocycles. The largest absolute Gasteiger partial charge is 0.488 e. The molecule has 1 heterocycles. The lowest BCUT2D eigenvalue weighted by Gasteiger charge is -2.27. The molecule has 1 atom stereocenters. The normalized spacial score (nSPS) is 23.6. The van der Waals surface area contributed by atoms with Gasteiger partial charge in [0, 0.05) is 36.0 Å². The summed E-state index contributed by atoms with van der Waals surface area (Å²) in [6.45, 7) is 2.07. The van der Waals surface area contributed by atoms with Crippen LogP contribution in [0, 0.1) is 5.41 Å². The number of halogens is 1. The Hall–Kier alpha value is -0.580. The Morgan fingerprint density at radius 1 is 1.35 bits per heavy atom. The standard InChI is InChI=1S/C16H22BrNO2/c17-13-3-4-15-12(7-13)8-14(20-15)9-18-10-16(11-19)5-1-2-6-16/h3-4,7,14,18-19H,1-2,5-6,8-11H2. The number of fused-ring (bicyclic) bond motifs is 1. The molecule has 1 aliphatic carbocycles. The van der Waals surface area contributed by atoms with Crippen LogP contribution in [0.15, 0.2) is 22.7 Å². The fourth-order valence-corrected chi connectivity index (χ4v) is 3.83. The highest BCUT2D eigenvalue weighted by atomic mass is 79.9. The lowest BCUT2D eigenvalue weighted by Crippen LogP contribution is -2.39. The van der Waals surface area contributed by atoms with Crippen LogP contribution in [0.1, 0.15) is 31.2 Å². The van der Waals surface area contributed by atoms with Crippen LogP contribution in [-0.2, 0) is 6.42 Å². The first kappa shape index (κ1) is 14.4. The number of benzene rings is 1. The minimum atomic E-state index is 0.120. The third-order valence-electron chi connectivity index (χ3n) is 4.64. The molecule has 1 aromatic carbocycles. The molecule has 3 nitrogen and oxygen atoms in total. The average Bonchev–Trinajstić information content (AvgIpc) is 3.05. The van der Waals surface area contributed by atoms with Crippen molar-refractivity contribution in [1.82, 2.24) is 5.32 Å². The summed E-state index contributed by atoms with van der Waals surface area (Å²) < 4.78 is 7.06. The van der Waals surface area contributed by atoms with Crippen LogP contribution in [0.3, 0.4) is 0 Å². The first-order chi connectivity index (χ1) is 9.71. The van der Waals surface area contributed by atoms with E-state index >= 15 is 0 Å². The van der Waals surface area contributed by atoms with Crippen molar-refractivity contribution in [2.24, 2.45) is 5.41 Å². The lowest BCUT2D eigenvalue weighted by molar-refractivity contribution is 0.123. The fourth-order valence-electron chi connectivity index (χ4n) is 3.42. The molecule has 2 aliphatic rings. The number of aliphatic hydroxyl groups excluding tert-OH is 1. The van der Waals surface area contributed by atoms with Gasteiger partial charge in [-0.3, -0.25) is 0 Å². The van der Waals surface area contributed by atoms with Gasteiger partial charge in [-0.1, -0.05) is 28.8 Å². The number of aliphatic hydroxyl groups is 1. The molecule has 1 aromatic rings. The van der Waals surface area contributed by atoms with Crippen molar-refractivity contribution < 1.29 is 9.84 Å². The average molecular weight is 340 g/mol. The molecule has 0 radical (unpaired) electrons. The van der Waals surface area contributed by atoms with Gasteiger partial charge < -0.3 is 15.2 Å². The smallest absolute Gasteiger partial charge is 0.123 e. The van der Waals surface area contributed by atoms with Gasteiger partial charge in [-0.2, -0.15) is 0 Å². The Balaban J connectivity index is 1.49. The predicted octanol–water partition coefficient (Wildman–Crippen LogP) is 2.89. The van der Waals surface area contributed by atoms with Crippen LogP contribution in [0.5, 0.6) is 5.75 Å². The van der Waals surface area contributed by atoms with E-state index in [1.807, 2.05) is 12.1 Å². The van der Waals surface area contributed by atoms with Gasteiger partial charge in [-0.05, 0) is 36.6 Å². The van der Waals surface area contributed by atoms with Crippen molar-refractivity contribution >= 4 is 15.9 Å². The van der Waals surface area contributed by atoms with Gasteiger partial charge in [0.25, 0.3) is 0 Å². The summed E-state index contributed by atoms with van der Waals surface area (Å²) in [5.41, 5.74) is 1.40. The lowest BCUT2D eigenvalue weighted by atomic mass is 9.87. The summed E-state index contributed by atoms with van der Waals surface area (Å²) in [5.74, 6) is 1.01. The monoisotopic (exact) mass is 339 g/mol. The van der Waals surface area contributed by atoms with Gasteiger partial charge in [-0.15, -0.1) is 0 Å². The maximum atomic E-state index is 9.60. The Kier molecular flexibility index (Phi) is 4.34. The van der Waals surface area contributed by atoms with E-state index in [4.69, 9.17) is 4.74 Å². The van der Waals surface area contributed by atoms with Gasteiger partial charge in [0.1, 0.15) is 11.9 Å². The zero-order chi connectivity index (χ0) is 14.0. The summed E-state index contributed by atoms with van der Waals surface area (Å²) in [4.78, 5) is 0. The predicted molar refractivity (Wildman–Crippen MR) is 83.1 cm³/mol. The summed E-state index contributed by atoms with van der Waals surface area (Å²) in [6.07, 6.45) is 5.98. The summed E-state index contributed by atoms with van der Waals surface area (Å²) >= 11 is 3.50. The highest BCUT2D eigenvalue weighted by Crippen LogP contribution is 2.37. The minimum Gasteiger partial charge on any atom is -0.488 e. The van der Waals surface area contributed by atoms with Gasteiger partial charge >= 0.3 is 0 Å². The van der Waals surface area contributed by atoms with Crippen molar-refractivity contribution in [3.8, 4) is 5.75 Å². The molecule has 1 unspecified atom stereocenters. The van der Waals surface area contributed by atoms with Crippen molar-refractivity contribution in [1.29, 1.82) is 0 Å². The Bertz CT molecular complexity index is 472. The molecule has 0 spiro atoms. The van der Waals surface area contributed by atoms with E-state index in [0.29, 0.717) is 6.61 Å². The van der Waals surface area contributed by atoms with Crippen LogP contribution < -0.4 is 10.1 Å². The fraction of sp³-hybridized carbons (Fsp3) is 0.625. The molecule has 0 bridgehead atoms. The molecule has 2 N–H and O–H groups in total. The van der Waals surface area contributed by atoms with Crippen molar-refractivity contribution in [3.05, 3.63) is 28.2 Å². The zero-order valence-electron chi connectivity index (χ0n) is 11.7. The Morgan fingerprint density at radius 2 is 2.15 bits per heavy atom. The van der Waals surface area contributed by atoms with E-state index in [0.717, 1.165) is 42.6 Å². The molecule has 4 heteroatoms. The number of ether oxygens (including phenoxy) is 1. The first-order valence-corrected chi connectivity index (χ1v) is 8.27. The molecule has 20 heavy (non-hydrogen) atoms. The van der Waals surface area contributed by atoms with Gasteiger partial charge in [0.15, 0.2) is 0 Å². The van der Waals surface area contributed by atoms with E-state index in [1.54, 1.807) is 0 Å². The number of rotatable bonds is 5. The maximum absolute atomic E-state index is 9.60. The highest BCUT2D eigenvalue weighted by Gasteiger charge is 2.33. The molecule has 1 saturated carbocycles. The zero-order valence-corrected chi connectivity index (χ0v) is 13.3. The van der Waals surface area contributed by atoms with Crippen molar-refractivity contribution in [3.63, 3.8) is 0 Å². The minimum absolute atomic E-state index is 0.120. The van der Waals surface area contributed by atoms with Gasteiger partial charge in [0.2, 0.25) is 0 Å². The van der Waals surface area contributed by atoms with Crippen LogP contribution in [-0.4, -0.2) is 30.9 Å². The topological polar surface area (TPSA) is 41.5 Å². The number of nitrogens with one attached hydrogen (secondary N) is 1. The second kappa shape index (κ2) is 6.04. The second-order valence-electron chi connectivity index (χ2n) is 6.19. The van der Waals surface area contributed by atoms with E-state index in [1.165, 1.54) is 18.4 Å². The molecule has 0 aromatic heterocycles. The SMILES string of the molecule is OCC1(CNCC2Cc3cc(Br)ccc3O2)CCCC1. The Morgan fingerprint density at radius 3 is 2.90 bits per heavy atom. The van der Waals surface area contributed by atoms with E-state index in [2.05, 4.69) is 27.3 Å². The van der Waals surface area contributed by atoms with Crippen LogP contribution >= 0.6 is 15.9 Å². The molecule has 0 amide bonds. The Labute approximate surface area is 128 Å². The van der Waals surface area contributed by atoms with Crippen molar-refractivity contribution in [2.45, 2.75) is 38.2 Å². The summed E-state index contributed by atoms with van der Waals surface area (Å²) in [6, 6.07) is 6.20. The van der Waals surface area contributed by atoms with Crippen molar-refractivity contribution in [2.75, 3.05) is 19.7 Å². The second-order valence-corrected chi connectivity index (χ2v) is 7.11. The highest BCUT2D eigenvalue weighted by molar-refractivity contribution is 9.10. The van der Waals surface area contributed by atoms with E-state index < -0.39 is 0 Å². The maximum Gasteiger partial charge on any atom is 0.123 e. The number of hydrogen-bond acceptors (Lipinski definition) is 3. The molecule has 1 fully saturated rings. The number of hydrogen-bond donors (Lipinski definition) is 2. The molecule has 110 valence electrons. The summed E-state index contributed by atoms with van der Waals surface area (Å²) in [5, 5.41) is 13.1. The third kappa shape index (κ3) is 3.02. The van der Waals surface area contributed by atoms with Crippen LogP contribution in [0.25, 0.3) is 0 Å². The molecule has 3 rings (SSSR count). The third-order valence-corrected chi connectivity index (χ3v) is 5.13.